The van der Waals surface area contributed by atoms with Gasteiger partial charge in [-0.15, -0.1) is 5.10 Å². The summed E-state index contributed by atoms with van der Waals surface area (Å²) in [4.78, 5) is 4.28. The van der Waals surface area contributed by atoms with E-state index < -0.39 is 0 Å². The Morgan fingerprint density at radius 3 is 2.94 bits per heavy atom. The maximum Gasteiger partial charge on any atom is 0.121 e. The van der Waals surface area contributed by atoms with Gasteiger partial charge in [-0.05, 0) is 24.3 Å². The standard InChI is InChI=1S/C12H11N3O/c1-16-12-6-2-4-10(8-12)13-9-11-5-3-7-14-15-11/h2-9H,1H3/b13-9+. The van der Waals surface area contributed by atoms with Crippen molar-refractivity contribution in [1.29, 1.82) is 0 Å². The monoisotopic (exact) mass is 213 g/mol. The number of ether oxygens (including phenoxy) is 1. The van der Waals surface area contributed by atoms with Crippen LogP contribution in [0.3, 0.4) is 0 Å². The van der Waals surface area contributed by atoms with Crippen LogP contribution >= 0.6 is 0 Å². The molecule has 80 valence electrons. The number of methoxy groups -OCH3 is 1. The summed E-state index contributed by atoms with van der Waals surface area (Å²) in [7, 11) is 1.63. The summed E-state index contributed by atoms with van der Waals surface area (Å²) in [5, 5.41) is 7.67. The topological polar surface area (TPSA) is 47.4 Å². The van der Waals surface area contributed by atoms with E-state index >= 15 is 0 Å². The first-order valence-corrected chi connectivity index (χ1v) is 4.84. The quantitative estimate of drug-likeness (QED) is 0.734. The normalized spacial score (nSPS) is 10.6. The zero-order chi connectivity index (χ0) is 11.2. The lowest BCUT2D eigenvalue weighted by atomic mass is 10.3. The average molecular weight is 213 g/mol. The lowest BCUT2D eigenvalue weighted by Crippen LogP contribution is -1.88. The van der Waals surface area contributed by atoms with E-state index in [9.17, 15) is 0 Å². The molecule has 0 bridgehead atoms. The Labute approximate surface area is 93.6 Å². The maximum atomic E-state index is 5.11. The Morgan fingerprint density at radius 2 is 2.19 bits per heavy atom. The van der Waals surface area contributed by atoms with Crippen molar-refractivity contribution in [3.8, 4) is 5.75 Å². The maximum absolute atomic E-state index is 5.11. The Balaban J connectivity index is 2.17. The first kappa shape index (κ1) is 10.3. The fraction of sp³-hybridized carbons (Fsp3) is 0.0833. The van der Waals surface area contributed by atoms with E-state index in [1.165, 1.54) is 0 Å². The van der Waals surface area contributed by atoms with E-state index in [0.717, 1.165) is 17.1 Å². The van der Waals surface area contributed by atoms with Gasteiger partial charge in [0.25, 0.3) is 0 Å². The van der Waals surface area contributed by atoms with Crippen LogP contribution in [-0.4, -0.2) is 23.5 Å². The molecule has 2 aromatic rings. The van der Waals surface area contributed by atoms with E-state index in [0.29, 0.717) is 0 Å². The fourth-order valence-corrected chi connectivity index (χ4v) is 1.21. The molecule has 0 radical (unpaired) electrons. The van der Waals surface area contributed by atoms with Crippen molar-refractivity contribution in [2.24, 2.45) is 4.99 Å². The third kappa shape index (κ3) is 2.63. The van der Waals surface area contributed by atoms with Crippen LogP contribution in [0.25, 0.3) is 0 Å². The fourth-order valence-electron chi connectivity index (χ4n) is 1.21. The minimum atomic E-state index is 0.727. The summed E-state index contributed by atoms with van der Waals surface area (Å²) in [5.41, 5.74) is 1.55. The molecule has 0 amide bonds. The van der Waals surface area contributed by atoms with Gasteiger partial charge < -0.3 is 4.74 Å². The molecule has 16 heavy (non-hydrogen) atoms. The van der Waals surface area contributed by atoms with Gasteiger partial charge in [-0.1, -0.05) is 6.07 Å². The lowest BCUT2D eigenvalue weighted by Gasteiger charge is -1.99. The minimum absolute atomic E-state index is 0.727. The SMILES string of the molecule is COc1cccc(/N=C/c2cccnn2)c1. The summed E-state index contributed by atoms with van der Waals surface area (Å²) >= 11 is 0. The zero-order valence-corrected chi connectivity index (χ0v) is 8.87. The van der Waals surface area contributed by atoms with Crippen molar-refractivity contribution in [2.75, 3.05) is 7.11 Å². The van der Waals surface area contributed by atoms with Crippen LogP contribution in [0.15, 0.2) is 47.6 Å². The van der Waals surface area contributed by atoms with Crippen LogP contribution in [0.2, 0.25) is 0 Å². The Bertz CT molecular complexity index is 483. The molecule has 0 aliphatic rings. The summed E-state index contributed by atoms with van der Waals surface area (Å²) in [6, 6.07) is 11.2. The van der Waals surface area contributed by atoms with E-state index in [-0.39, 0.29) is 0 Å². The van der Waals surface area contributed by atoms with Crippen LogP contribution in [0, 0.1) is 0 Å². The second kappa shape index (κ2) is 5.02. The van der Waals surface area contributed by atoms with Crippen LogP contribution in [0.4, 0.5) is 5.69 Å². The molecule has 4 heteroatoms. The van der Waals surface area contributed by atoms with E-state index in [4.69, 9.17) is 4.74 Å². The number of benzene rings is 1. The van der Waals surface area contributed by atoms with E-state index in [1.807, 2.05) is 36.4 Å². The van der Waals surface area contributed by atoms with E-state index in [2.05, 4.69) is 15.2 Å². The van der Waals surface area contributed by atoms with Gasteiger partial charge in [-0.25, -0.2) is 0 Å². The summed E-state index contributed by atoms with van der Waals surface area (Å²) in [5.74, 6) is 0.786. The van der Waals surface area contributed by atoms with Crippen LogP contribution in [-0.2, 0) is 0 Å². The average Bonchev–Trinajstić information content (AvgIpc) is 2.38. The van der Waals surface area contributed by atoms with Crippen molar-refractivity contribution in [3.05, 3.63) is 48.3 Å². The van der Waals surface area contributed by atoms with Gasteiger partial charge in [0.2, 0.25) is 0 Å². The number of aromatic nitrogens is 2. The van der Waals surface area contributed by atoms with Crippen molar-refractivity contribution >= 4 is 11.9 Å². The summed E-state index contributed by atoms with van der Waals surface area (Å²) < 4.78 is 5.11. The largest absolute Gasteiger partial charge is 0.497 e. The van der Waals surface area contributed by atoms with Gasteiger partial charge in [-0.2, -0.15) is 5.10 Å². The molecule has 0 unspecified atom stereocenters. The molecule has 1 aromatic carbocycles. The van der Waals surface area contributed by atoms with Gasteiger partial charge in [0.15, 0.2) is 0 Å². The van der Waals surface area contributed by atoms with Gasteiger partial charge >= 0.3 is 0 Å². The number of rotatable bonds is 3. The predicted octanol–water partition coefficient (Wildman–Crippen LogP) is 2.24. The smallest absolute Gasteiger partial charge is 0.121 e. The molecule has 1 heterocycles. The molecule has 1 aromatic heterocycles. The number of nitrogens with zero attached hydrogens (tertiary/aromatic N) is 3. The molecule has 0 atom stereocenters. The molecular formula is C12H11N3O. The molecule has 0 fully saturated rings. The second-order valence-electron chi connectivity index (χ2n) is 3.11. The summed E-state index contributed by atoms with van der Waals surface area (Å²) in [6.07, 6.45) is 3.30. The van der Waals surface area contributed by atoms with Crippen molar-refractivity contribution in [1.82, 2.24) is 10.2 Å². The highest BCUT2D eigenvalue weighted by molar-refractivity contribution is 5.79. The Kier molecular flexibility index (Phi) is 3.23. The van der Waals surface area contributed by atoms with Crippen LogP contribution in [0.1, 0.15) is 5.69 Å². The molecule has 4 nitrogen and oxygen atoms in total. The molecule has 0 saturated heterocycles. The third-order valence-electron chi connectivity index (χ3n) is 1.99. The molecule has 0 spiro atoms. The van der Waals surface area contributed by atoms with Gasteiger partial charge in [-0.3, -0.25) is 4.99 Å². The van der Waals surface area contributed by atoms with Crippen molar-refractivity contribution in [3.63, 3.8) is 0 Å². The molecular weight excluding hydrogens is 202 g/mol. The minimum Gasteiger partial charge on any atom is -0.497 e. The lowest BCUT2D eigenvalue weighted by molar-refractivity contribution is 0.415. The first-order chi connectivity index (χ1) is 7.88. The van der Waals surface area contributed by atoms with Crippen molar-refractivity contribution < 1.29 is 4.74 Å². The van der Waals surface area contributed by atoms with Gasteiger partial charge in [0, 0.05) is 12.3 Å². The number of hydrogen-bond donors (Lipinski definition) is 0. The molecule has 0 N–H and O–H groups in total. The van der Waals surface area contributed by atoms with Gasteiger partial charge in [0.1, 0.15) is 11.4 Å². The van der Waals surface area contributed by atoms with Crippen LogP contribution < -0.4 is 4.74 Å². The third-order valence-corrected chi connectivity index (χ3v) is 1.99. The predicted molar refractivity (Wildman–Crippen MR) is 62.3 cm³/mol. The highest BCUT2D eigenvalue weighted by Crippen LogP contribution is 2.18. The Morgan fingerprint density at radius 1 is 1.25 bits per heavy atom. The molecule has 0 saturated carbocycles. The van der Waals surface area contributed by atoms with Crippen LogP contribution in [0.5, 0.6) is 5.75 Å². The molecule has 0 aliphatic heterocycles. The van der Waals surface area contributed by atoms with Gasteiger partial charge in [0.05, 0.1) is 19.0 Å². The highest BCUT2D eigenvalue weighted by atomic mass is 16.5. The second-order valence-corrected chi connectivity index (χ2v) is 3.11. The number of hydrogen-bond acceptors (Lipinski definition) is 4. The van der Waals surface area contributed by atoms with E-state index in [1.54, 1.807) is 19.5 Å². The molecule has 0 aliphatic carbocycles. The van der Waals surface area contributed by atoms with Crippen molar-refractivity contribution in [2.45, 2.75) is 0 Å². The summed E-state index contributed by atoms with van der Waals surface area (Å²) in [6.45, 7) is 0. The Hall–Kier alpha value is -2.23. The first-order valence-electron chi connectivity index (χ1n) is 4.84. The molecule has 2 rings (SSSR count). The zero-order valence-electron chi connectivity index (χ0n) is 8.87. The highest BCUT2D eigenvalue weighted by Gasteiger charge is 1.93. The number of aliphatic imine (C=N–C) groups is 1.